The monoisotopic (exact) mass is 490 g/mol. The summed E-state index contributed by atoms with van der Waals surface area (Å²) >= 11 is 2.86. The van der Waals surface area contributed by atoms with Crippen molar-refractivity contribution in [2.75, 3.05) is 38.2 Å². The molecule has 7 nitrogen and oxygen atoms in total. The fraction of sp³-hybridized carbons (Fsp3) is 0.318. The van der Waals surface area contributed by atoms with Gasteiger partial charge in [0.25, 0.3) is 10.0 Å². The van der Waals surface area contributed by atoms with Crippen molar-refractivity contribution in [3.05, 3.63) is 52.9 Å². The van der Waals surface area contributed by atoms with Gasteiger partial charge in [-0.05, 0) is 37.6 Å². The zero-order chi connectivity index (χ0) is 22.7. The minimum Gasteiger partial charge on any atom is -0.383 e. The number of thiophene rings is 1. The highest BCUT2D eigenvalue weighted by Crippen LogP contribution is 2.35. The number of nitrogens with one attached hydrogen (secondary N) is 1. The van der Waals surface area contributed by atoms with E-state index < -0.39 is 10.0 Å². The summed E-state index contributed by atoms with van der Waals surface area (Å²) < 4.78 is 33.4. The third kappa shape index (κ3) is 4.60. The number of para-hydroxylation sites is 1. The van der Waals surface area contributed by atoms with Crippen molar-refractivity contribution in [2.24, 2.45) is 0 Å². The van der Waals surface area contributed by atoms with Crippen molar-refractivity contribution >= 4 is 49.3 Å². The molecule has 0 atom stereocenters. The van der Waals surface area contributed by atoms with Crippen LogP contribution in [0.4, 0.5) is 5.69 Å². The molecule has 0 unspecified atom stereocenters. The summed E-state index contributed by atoms with van der Waals surface area (Å²) in [5.41, 5.74) is 2.31. The molecule has 0 saturated heterocycles. The molecule has 3 aromatic heterocycles. The van der Waals surface area contributed by atoms with E-state index in [1.165, 1.54) is 15.6 Å². The maximum absolute atomic E-state index is 13.2. The van der Waals surface area contributed by atoms with Gasteiger partial charge in [-0.3, -0.25) is 9.21 Å². The average Bonchev–Trinajstić information content (AvgIpc) is 3.52. The van der Waals surface area contributed by atoms with Crippen molar-refractivity contribution in [1.82, 2.24) is 14.9 Å². The molecular weight excluding hydrogens is 464 g/mol. The molecule has 0 radical (unpaired) electrons. The number of ether oxygens (including phenoxy) is 1. The normalized spacial score (nSPS) is 12.1. The summed E-state index contributed by atoms with van der Waals surface area (Å²) in [5, 5.41) is 3.61. The Morgan fingerprint density at radius 2 is 2.06 bits per heavy atom. The molecule has 0 fully saturated rings. The van der Waals surface area contributed by atoms with E-state index in [9.17, 15) is 8.42 Å². The summed E-state index contributed by atoms with van der Waals surface area (Å²) in [6.07, 6.45) is 1.90. The number of sulfonamides is 1. The molecule has 4 rings (SSSR count). The first kappa shape index (κ1) is 22.9. The predicted octanol–water partition coefficient (Wildman–Crippen LogP) is 4.65. The van der Waals surface area contributed by atoms with Crippen LogP contribution in [0.5, 0.6) is 0 Å². The Morgan fingerprint density at radius 3 is 2.78 bits per heavy atom. The van der Waals surface area contributed by atoms with Gasteiger partial charge in [0.2, 0.25) is 0 Å². The zero-order valence-electron chi connectivity index (χ0n) is 18.2. The van der Waals surface area contributed by atoms with E-state index in [0.717, 1.165) is 39.6 Å². The number of aromatic amines is 1. The molecule has 0 saturated carbocycles. The van der Waals surface area contributed by atoms with Gasteiger partial charge in [0.15, 0.2) is 0 Å². The number of rotatable bonds is 10. The highest BCUT2D eigenvalue weighted by Gasteiger charge is 2.26. The highest BCUT2D eigenvalue weighted by molar-refractivity contribution is 7.94. The lowest BCUT2D eigenvalue weighted by atomic mass is 10.2. The largest absolute Gasteiger partial charge is 0.383 e. The van der Waals surface area contributed by atoms with Crippen LogP contribution in [-0.4, -0.2) is 57.1 Å². The number of aromatic nitrogens is 2. The lowest BCUT2D eigenvalue weighted by Gasteiger charge is -2.22. The van der Waals surface area contributed by atoms with E-state index >= 15 is 0 Å². The van der Waals surface area contributed by atoms with Crippen LogP contribution in [0.25, 0.3) is 21.6 Å². The molecular formula is C22H26N4O3S3. The Morgan fingerprint density at radius 1 is 1.22 bits per heavy atom. The fourth-order valence-electron chi connectivity index (χ4n) is 3.55. The number of likely N-dealkylation sites (N-methyl/N-ethyl adjacent to an activating group) is 1. The minimum atomic E-state index is -3.62. The molecule has 170 valence electrons. The van der Waals surface area contributed by atoms with Crippen molar-refractivity contribution in [2.45, 2.75) is 17.7 Å². The molecule has 0 amide bonds. The van der Waals surface area contributed by atoms with Gasteiger partial charge in [0, 0.05) is 43.2 Å². The number of nitrogens with zero attached hydrogens (tertiary/aromatic N) is 3. The second-order valence-corrected chi connectivity index (χ2v) is 11.5. The first-order chi connectivity index (χ1) is 15.4. The third-order valence-corrected chi connectivity index (χ3v) is 9.39. The summed E-state index contributed by atoms with van der Waals surface area (Å²) in [7, 11) is 0.137. The number of H-pyrrole nitrogens is 1. The quantitative estimate of drug-likeness (QED) is 0.350. The molecule has 4 aromatic rings. The van der Waals surface area contributed by atoms with Gasteiger partial charge >= 0.3 is 0 Å². The van der Waals surface area contributed by atoms with Crippen LogP contribution in [-0.2, 0) is 21.3 Å². The molecule has 3 heterocycles. The first-order valence-corrected chi connectivity index (χ1v) is 13.4. The predicted molar refractivity (Wildman–Crippen MR) is 132 cm³/mol. The van der Waals surface area contributed by atoms with Gasteiger partial charge in [0.1, 0.15) is 9.22 Å². The summed E-state index contributed by atoms with van der Waals surface area (Å²) in [6.45, 7) is 4.53. The maximum Gasteiger partial charge on any atom is 0.273 e. The summed E-state index contributed by atoms with van der Waals surface area (Å²) in [5.74, 6) is 0. The van der Waals surface area contributed by atoms with E-state index in [4.69, 9.17) is 4.74 Å². The Labute approximate surface area is 196 Å². The van der Waals surface area contributed by atoms with Crippen LogP contribution in [0.3, 0.4) is 0 Å². The van der Waals surface area contributed by atoms with Gasteiger partial charge in [-0.15, -0.1) is 22.7 Å². The van der Waals surface area contributed by atoms with Crippen LogP contribution >= 0.6 is 22.7 Å². The van der Waals surface area contributed by atoms with E-state index in [0.29, 0.717) is 23.0 Å². The molecule has 0 aliphatic heterocycles. The third-order valence-electron chi connectivity index (χ3n) is 5.12. The van der Waals surface area contributed by atoms with Crippen molar-refractivity contribution < 1.29 is 13.2 Å². The molecule has 32 heavy (non-hydrogen) atoms. The van der Waals surface area contributed by atoms with E-state index in [-0.39, 0.29) is 0 Å². The van der Waals surface area contributed by atoms with Crippen molar-refractivity contribution in [3.63, 3.8) is 0 Å². The number of hydrogen-bond donors (Lipinski definition) is 1. The van der Waals surface area contributed by atoms with Gasteiger partial charge < -0.3 is 9.72 Å². The van der Waals surface area contributed by atoms with Crippen LogP contribution in [0, 0.1) is 0 Å². The highest BCUT2D eigenvalue weighted by atomic mass is 32.2. The Bertz CT molecular complexity index is 1280. The number of thiazole rings is 1. The first-order valence-electron chi connectivity index (χ1n) is 10.2. The van der Waals surface area contributed by atoms with E-state index in [2.05, 4.69) is 21.9 Å². The van der Waals surface area contributed by atoms with Crippen LogP contribution < -0.4 is 4.31 Å². The molecule has 0 bridgehead atoms. The van der Waals surface area contributed by atoms with Crippen molar-refractivity contribution in [1.29, 1.82) is 0 Å². The van der Waals surface area contributed by atoms with Crippen LogP contribution in [0.1, 0.15) is 11.8 Å². The Balaban J connectivity index is 1.66. The summed E-state index contributed by atoms with van der Waals surface area (Å²) in [6, 6.07) is 11.1. The Hall–Kier alpha value is -2.24. The van der Waals surface area contributed by atoms with E-state index in [1.54, 1.807) is 36.0 Å². The molecule has 0 aliphatic carbocycles. The molecule has 1 N–H and O–H groups in total. The van der Waals surface area contributed by atoms with Gasteiger partial charge in [-0.1, -0.05) is 18.2 Å². The molecule has 0 aliphatic rings. The zero-order valence-corrected chi connectivity index (χ0v) is 20.7. The lowest BCUT2D eigenvalue weighted by molar-refractivity contribution is 0.159. The number of methoxy groups -OCH3 is 1. The second-order valence-electron chi connectivity index (χ2n) is 7.39. The summed E-state index contributed by atoms with van der Waals surface area (Å²) in [4.78, 5) is 11.4. The minimum absolute atomic E-state index is 0.336. The number of anilines is 1. The average molecular weight is 491 g/mol. The lowest BCUT2D eigenvalue weighted by Crippen LogP contribution is -2.30. The molecule has 0 spiro atoms. The van der Waals surface area contributed by atoms with Gasteiger partial charge in [-0.2, -0.15) is 0 Å². The second kappa shape index (κ2) is 9.72. The SMILES string of the molecule is CCN(c1cccc2cc(-c3ncc(CN(C)CCOC)s3)[nH]c12)S(=O)(=O)c1cccs1. The molecule has 10 heteroatoms. The number of hydrogen-bond acceptors (Lipinski definition) is 7. The van der Waals surface area contributed by atoms with E-state index in [1.807, 2.05) is 37.4 Å². The smallest absolute Gasteiger partial charge is 0.273 e. The number of benzene rings is 1. The fourth-order valence-corrected chi connectivity index (χ4v) is 7.10. The standard InChI is InChI=1S/C22H26N4O3S3/c1-4-26(32(27,28)20-9-6-12-30-20)19-8-5-7-16-13-18(24-21(16)19)22-23-14-17(31-22)15-25(2)10-11-29-3/h5-9,12-14,24H,4,10-11,15H2,1-3H3. The van der Waals surface area contributed by atoms with Crippen LogP contribution in [0.2, 0.25) is 0 Å². The Kier molecular flexibility index (Phi) is 6.96. The number of fused-ring (bicyclic) bond motifs is 1. The van der Waals surface area contributed by atoms with Gasteiger partial charge in [0.05, 0.1) is 23.5 Å². The van der Waals surface area contributed by atoms with Gasteiger partial charge in [-0.25, -0.2) is 13.4 Å². The van der Waals surface area contributed by atoms with Crippen molar-refractivity contribution in [3.8, 4) is 10.7 Å². The van der Waals surface area contributed by atoms with Crippen LogP contribution in [0.15, 0.2) is 52.2 Å². The maximum atomic E-state index is 13.2. The molecule has 1 aromatic carbocycles. The topological polar surface area (TPSA) is 78.5 Å².